The predicted octanol–water partition coefficient (Wildman–Crippen LogP) is 8.20. The summed E-state index contributed by atoms with van der Waals surface area (Å²) in [7, 11) is 0. The van der Waals surface area contributed by atoms with E-state index in [1.165, 1.54) is 16.2 Å². The van der Waals surface area contributed by atoms with Gasteiger partial charge in [0.05, 0.1) is 44.9 Å². The highest BCUT2D eigenvalue weighted by molar-refractivity contribution is 8.00. The lowest BCUT2D eigenvalue weighted by molar-refractivity contribution is -0.123. The van der Waals surface area contributed by atoms with Gasteiger partial charge in [0.2, 0.25) is 11.8 Å². The molecule has 9 rings (SSSR count). The molecule has 7 atom stereocenters. The van der Waals surface area contributed by atoms with Gasteiger partial charge in [-0.2, -0.15) is 0 Å². The minimum absolute atomic E-state index is 0.00702. The minimum atomic E-state index is -0.403. The van der Waals surface area contributed by atoms with E-state index in [1.54, 1.807) is 36.0 Å². The van der Waals surface area contributed by atoms with Crippen molar-refractivity contribution < 1.29 is 14.0 Å². The summed E-state index contributed by atoms with van der Waals surface area (Å²) in [6, 6.07) is 28.4. The lowest BCUT2D eigenvalue weighted by Crippen LogP contribution is -2.43. The fourth-order valence-electron chi connectivity index (χ4n) is 8.51. The standard InChI is InChI=1S/C36H26Cl2N2O4S2/c37-19-10-12-20(13-11-19)40-33(41)28-22-16-23(29(28)34(40)42)31-27(22)30(26-15-14-25(44-26)21-8-4-5-9-24(21)38)32-35(45-31)39(36(43)46-32)17-18-6-2-1-3-7-18/h1-15,22-23,27-31H,16-17H2/t22-,23-,27-,28+,29+,30+,31-/m1/s1. The average Bonchev–Trinajstić information content (AvgIpc) is 3.87. The van der Waals surface area contributed by atoms with Crippen molar-refractivity contribution in [1.29, 1.82) is 0 Å². The van der Waals surface area contributed by atoms with Crippen molar-refractivity contribution in [2.24, 2.45) is 29.6 Å². The van der Waals surface area contributed by atoms with E-state index in [0.717, 1.165) is 33.2 Å². The van der Waals surface area contributed by atoms with Gasteiger partial charge in [-0.05, 0) is 78.3 Å². The van der Waals surface area contributed by atoms with Crippen molar-refractivity contribution in [2.75, 3.05) is 4.90 Å². The third kappa shape index (κ3) is 4.20. The second-order valence-electron chi connectivity index (χ2n) is 12.5. The Bertz CT molecular complexity index is 2090. The third-order valence-corrected chi connectivity index (χ3v) is 13.7. The number of hydrogen-bond acceptors (Lipinski definition) is 6. The number of fused-ring (bicyclic) bond motifs is 9. The SMILES string of the molecule is O=C1[C@H]2[C@H]3C[C@@H]([C@@H]2C(=O)N1c1ccc(Cl)cc1)[C@@H]1[C@H](c2ccc(-c4ccccc4Cl)o2)c2sc(=O)n(Cc4ccccc4)c2S[C@H]31. The Balaban J connectivity index is 1.16. The number of furan rings is 1. The fraction of sp³-hybridized carbons (Fsp3) is 0.250. The number of thioether (sulfide) groups is 1. The van der Waals surface area contributed by atoms with Crippen LogP contribution in [0.4, 0.5) is 5.69 Å². The topological polar surface area (TPSA) is 72.5 Å². The summed E-state index contributed by atoms with van der Waals surface area (Å²) in [4.78, 5) is 44.1. The minimum Gasteiger partial charge on any atom is -0.460 e. The molecule has 1 saturated heterocycles. The van der Waals surface area contributed by atoms with Gasteiger partial charge in [0.25, 0.3) is 0 Å². The zero-order chi connectivity index (χ0) is 31.3. The van der Waals surface area contributed by atoms with Crippen LogP contribution < -0.4 is 9.77 Å². The smallest absolute Gasteiger partial charge is 0.308 e. The van der Waals surface area contributed by atoms with Crippen LogP contribution >= 0.6 is 46.3 Å². The van der Waals surface area contributed by atoms with Crippen molar-refractivity contribution in [3.8, 4) is 11.3 Å². The molecule has 2 saturated carbocycles. The monoisotopic (exact) mass is 684 g/mol. The van der Waals surface area contributed by atoms with Crippen LogP contribution in [-0.2, 0) is 16.1 Å². The average molecular weight is 686 g/mol. The summed E-state index contributed by atoms with van der Waals surface area (Å²) in [5.74, 6) is 0.161. The summed E-state index contributed by atoms with van der Waals surface area (Å²) in [6.45, 7) is 0.466. The first-order chi connectivity index (χ1) is 22.4. The third-order valence-electron chi connectivity index (χ3n) is 10.3. The lowest BCUT2D eigenvalue weighted by atomic mass is 9.69. The molecule has 230 valence electrons. The highest BCUT2D eigenvalue weighted by atomic mass is 35.5. The molecular formula is C36H26Cl2N2O4S2. The predicted molar refractivity (Wildman–Crippen MR) is 181 cm³/mol. The first-order valence-electron chi connectivity index (χ1n) is 15.3. The van der Waals surface area contributed by atoms with Gasteiger partial charge in [-0.15, -0.1) is 11.8 Å². The molecule has 2 bridgehead atoms. The van der Waals surface area contributed by atoms with E-state index in [4.69, 9.17) is 27.6 Å². The number of thiazole rings is 1. The van der Waals surface area contributed by atoms with Gasteiger partial charge in [-0.25, -0.2) is 0 Å². The number of aromatic nitrogens is 1. The zero-order valence-electron chi connectivity index (χ0n) is 24.2. The van der Waals surface area contributed by atoms with Crippen molar-refractivity contribution >= 4 is 63.8 Å². The Kier molecular flexibility index (Phi) is 6.69. The molecule has 10 heteroatoms. The quantitative estimate of drug-likeness (QED) is 0.175. The van der Waals surface area contributed by atoms with Gasteiger partial charge in [-0.3, -0.25) is 23.9 Å². The Morgan fingerprint density at radius 2 is 1.52 bits per heavy atom. The largest absolute Gasteiger partial charge is 0.460 e. The van der Waals surface area contributed by atoms with E-state index in [0.29, 0.717) is 28.0 Å². The highest BCUT2D eigenvalue weighted by Gasteiger charge is 2.70. The summed E-state index contributed by atoms with van der Waals surface area (Å²) >= 11 is 15.7. The molecule has 0 N–H and O–H groups in total. The fourth-order valence-corrected chi connectivity index (χ4v) is 12.0. The number of anilines is 1. The zero-order valence-corrected chi connectivity index (χ0v) is 27.4. The molecule has 46 heavy (non-hydrogen) atoms. The number of amides is 2. The Morgan fingerprint density at radius 1 is 0.804 bits per heavy atom. The summed E-state index contributed by atoms with van der Waals surface area (Å²) in [5, 5.41) is 2.14. The number of carbonyl (C=O) groups excluding carboxylic acids is 2. The Morgan fingerprint density at radius 3 is 2.28 bits per heavy atom. The molecule has 4 aliphatic rings. The van der Waals surface area contributed by atoms with Gasteiger partial charge in [0, 0.05) is 15.8 Å². The second-order valence-corrected chi connectivity index (χ2v) is 15.5. The van der Waals surface area contributed by atoms with Crippen LogP contribution in [0.15, 0.2) is 105 Å². The maximum atomic E-state index is 14.1. The van der Waals surface area contributed by atoms with E-state index < -0.39 is 5.92 Å². The number of carbonyl (C=O) groups is 2. The summed E-state index contributed by atoms with van der Waals surface area (Å²) < 4.78 is 8.50. The maximum Gasteiger partial charge on any atom is 0.308 e. The lowest BCUT2D eigenvalue weighted by Gasteiger charge is -2.42. The van der Waals surface area contributed by atoms with Crippen LogP contribution in [0.25, 0.3) is 11.3 Å². The number of benzene rings is 3. The van der Waals surface area contributed by atoms with Gasteiger partial charge in [0.15, 0.2) is 0 Å². The van der Waals surface area contributed by atoms with E-state index >= 15 is 0 Å². The molecule has 0 radical (unpaired) electrons. The molecule has 2 aromatic heterocycles. The molecule has 2 aliphatic heterocycles. The normalized spacial score (nSPS) is 27.6. The highest BCUT2D eigenvalue weighted by Crippen LogP contribution is 2.69. The Labute approximate surface area is 282 Å². The first-order valence-corrected chi connectivity index (χ1v) is 17.8. The van der Waals surface area contributed by atoms with Crippen LogP contribution in [0, 0.1) is 29.6 Å². The van der Waals surface area contributed by atoms with E-state index in [2.05, 4.69) is 0 Å². The van der Waals surface area contributed by atoms with Crippen LogP contribution in [0.1, 0.15) is 28.5 Å². The van der Waals surface area contributed by atoms with Crippen LogP contribution in [0.2, 0.25) is 10.0 Å². The molecule has 6 nitrogen and oxygen atoms in total. The Hall–Kier alpha value is -3.56. The van der Waals surface area contributed by atoms with Crippen molar-refractivity contribution in [3.63, 3.8) is 0 Å². The van der Waals surface area contributed by atoms with Crippen molar-refractivity contribution in [3.05, 3.63) is 127 Å². The molecular weight excluding hydrogens is 659 g/mol. The summed E-state index contributed by atoms with van der Waals surface area (Å²) in [6.07, 6.45) is 0.802. The molecule has 3 fully saturated rings. The van der Waals surface area contributed by atoms with Crippen LogP contribution in [-0.4, -0.2) is 21.6 Å². The molecule has 3 aromatic carbocycles. The number of hydrogen-bond donors (Lipinski definition) is 0. The van der Waals surface area contributed by atoms with Crippen molar-refractivity contribution in [2.45, 2.75) is 29.2 Å². The van der Waals surface area contributed by atoms with Crippen LogP contribution in [0.3, 0.4) is 0 Å². The van der Waals surface area contributed by atoms with E-state index in [9.17, 15) is 14.4 Å². The molecule has 0 unspecified atom stereocenters. The van der Waals surface area contributed by atoms with Crippen LogP contribution in [0.5, 0.6) is 0 Å². The van der Waals surface area contributed by atoms with E-state index in [-0.39, 0.29) is 51.5 Å². The molecule has 2 amide bonds. The summed E-state index contributed by atoms with van der Waals surface area (Å²) in [5.41, 5.74) is 2.41. The van der Waals surface area contributed by atoms with E-state index in [1.807, 2.05) is 71.3 Å². The van der Waals surface area contributed by atoms with Gasteiger partial charge in [-0.1, -0.05) is 77.0 Å². The van der Waals surface area contributed by atoms with Gasteiger partial charge < -0.3 is 4.42 Å². The molecule has 4 heterocycles. The number of nitrogens with zero attached hydrogens (tertiary/aromatic N) is 2. The van der Waals surface area contributed by atoms with Crippen molar-refractivity contribution in [1.82, 2.24) is 4.57 Å². The molecule has 0 spiro atoms. The number of halogens is 2. The van der Waals surface area contributed by atoms with Gasteiger partial charge in [0.1, 0.15) is 11.5 Å². The first kappa shape index (κ1) is 28.6. The molecule has 2 aliphatic carbocycles. The second kappa shape index (κ2) is 10.7. The number of rotatable bonds is 5. The maximum absolute atomic E-state index is 14.1. The number of imide groups is 1. The molecule has 5 aromatic rings. The van der Waals surface area contributed by atoms with Gasteiger partial charge >= 0.3 is 4.87 Å².